The smallest absolute Gasteiger partial charge is 0.224 e. The Bertz CT molecular complexity index is 640. The molecule has 0 radical (unpaired) electrons. The molecule has 0 aliphatic rings. The van der Waals surface area contributed by atoms with Crippen molar-refractivity contribution in [2.75, 3.05) is 10.6 Å². The summed E-state index contributed by atoms with van der Waals surface area (Å²) in [5, 5.41) is 6.03. The van der Waals surface area contributed by atoms with E-state index in [9.17, 15) is 9.18 Å². The van der Waals surface area contributed by atoms with E-state index in [1.54, 1.807) is 13.0 Å². The van der Waals surface area contributed by atoms with Gasteiger partial charge in [-0.1, -0.05) is 25.1 Å². The Morgan fingerprint density at radius 2 is 1.90 bits per heavy atom. The molecule has 110 valence electrons. The molecular formula is C17H19FN2O. The second-order valence-electron chi connectivity index (χ2n) is 4.92. The second-order valence-corrected chi connectivity index (χ2v) is 4.92. The topological polar surface area (TPSA) is 41.1 Å². The summed E-state index contributed by atoms with van der Waals surface area (Å²) in [6, 6.07) is 12.7. The van der Waals surface area contributed by atoms with E-state index in [-0.39, 0.29) is 11.7 Å². The summed E-state index contributed by atoms with van der Waals surface area (Å²) in [5.41, 5.74) is 3.15. The van der Waals surface area contributed by atoms with E-state index in [2.05, 4.69) is 10.6 Å². The van der Waals surface area contributed by atoms with Crippen LogP contribution in [0.15, 0.2) is 42.5 Å². The first-order valence-electron chi connectivity index (χ1n) is 6.97. The van der Waals surface area contributed by atoms with E-state index in [1.165, 1.54) is 6.07 Å². The van der Waals surface area contributed by atoms with Crippen molar-refractivity contribution in [1.82, 2.24) is 0 Å². The quantitative estimate of drug-likeness (QED) is 0.869. The molecule has 3 nitrogen and oxygen atoms in total. The Balaban J connectivity index is 2.01. The third kappa shape index (κ3) is 4.31. The van der Waals surface area contributed by atoms with Gasteiger partial charge in [0.25, 0.3) is 0 Å². The predicted molar refractivity (Wildman–Crippen MR) is 83.8 cm³/mol. The highest BCUT2D eigenvalue weighted by atomic mass is 19.1. The molecule has 2 aromatic carbocycles. The zero-order valence-electron chi connectivity index (χ0n) is 12.2. The molecule has 4 heteroatoms. The number of anilines is 2. The number of carbonyl (C=O) groups excluding carboxylic acids is 1. The molecule has 1 amide bonds. The Hall–Kier alpha value is -2.36. The van der Waals surface area contributed by atoms with Crippen LogP contribution in [0.3, 0.4) is 0 Å². The summed E-state index contributed by atoms with van der Waals surface area (Å²) in [6.45, 7) is 4.08. The predicted octanol–water partition coefficient (Wildman–Crippen LogP) is 4.09. The van der Waals surface area contributed by atoms with Gasteiger partial charge >= 0.3 is 0 Å². The van der Waals surface area contributed by atoms with Gasteiger partial charge in [0, 0.05) is 24.3 Å². The van der Waals surface area contributed by atoms with Crippen molar-refractivity contribution in [1.29, 1.82) is 0 Å². The van der Waals surface area contributed by atoms with Crippen LogP contribution in [0, 0.1) is 12.7 Å². The molecule has 21 heavy (non-hydrogen) atoms. The number of carbonyl (C=O) groups is 1. The van der Waals surface area contributed by atoms with Crippen LogP contribution in [-0.4, -0.2) is 5.91 Å². The first kappa shape index (κ1) is 15.0. The van der Waals surface area contributed by atoms with Crippen molar-refractivity contribution in [3.8, 4) is 0 Å². The van der Waals surface area contributed by atoms with Crippen LogP contribution in [0.2, 0.25) is 0 Å². The van der Waals surface area contributed by atoms with Gasteiger partial charge in [0.15, 0.2) is 0 Å². The van der Waals surface area contributed by atoms with E-state index in [4.69, 9.17) is 0 Å². The molecule has 2 N–H and O–H groups in total. The van der Waals surface area contributed by atoms with E-state index in [1.807, 2.05) is 37.3 Å². The van der Waals surface area contributed by atoms with Crippen LogP contribution < -0.4 is 10.6 Å². The number of halogens is 1. The molecule has 0 heterocycles. The third-order valence-electron chi connectivity index (χ3n) is 3.20. The van der Waals surface area contributed by atoms with Gasteiger partial charge in [-0.25, -0.2) is 4.39 Å². The number of aryl methyl sites for hydroxylation is 1. The van der Waals surface area contributed by atoms with E-state index >= 15 is 0 Å². The van der Waals surface area contributed by atoms with E-state index in [0.717, 1.165) is 16.9 Å². The molecule has 2 rings (SSSR count). The molecule has 0 atom stereocenters. The van der Waals surface area contributed by atoms with Crippen LogP contribution in [0.4, 0.5) is 15.8 Å². The van der Waals surface area contributed by atoms with Crippen LogP contribution in [0.25, 0.3) is 0 Å². The molecule has 2 aromatic rings. The number of hydrogen-bond acceptors (Lipinski definition) is 2. The molecule has 0 saturated heterocycles. The number of benzene rings is 2. The van der Waals surface area contributed by atoms with Gasteiger partial charge in [0.05, 0.1) is 0 Å². The maximum absolute atomic E-state index is 13.5. The van der Waals surface area contributed by atoms with Gasteiger partial charge in [-0.15, -0.1) is 0 Å². The lowest BCUT2D eigenvalue weighted by Gasteiger charge is -2.10. The standard InChI is InChI=1S/C17H19FN2O/c1-3-17(21)20-15-6-4-5-14(10-15)19-11-13-8-7-12(2)16(18)9-13/h4-10,19H,3,11H2,1-2H3,(H,20,21). The normalized spacial score (nSPS) is 10.2. The highest BCUT2D eigenvalue weighted by molar-refractivity contribution is 5.90. The fourth-order valence-electron chi connectivity index (χ4n) is 1.91. The van der Waals surface area contributed by atoms with Crippen molar-refractivity contribution < 1.29 is 9.18 Å². The second kappa shape index (κ2) is 6.88. The molecule has 0 unspecified atom stereocenters. The van der Waals surface area contributed by atoms with Crippen molar-refractivity contribution in [2.45, 2.75) is 26.8 Å². The minimum Gasteiger partial charge on any atom is -0.381 e. The molecule has 0 aliphatic carbocycles. The minimum atomic E-state index is -0.196. The fraction of sp³-hybridized carbons (Fsp3) is 0.235. The zero-order chi connectivity index (χ0) is 15.2. The fourth-order valence-corrected chi connectivity index (χ4v) is 1.91. The summed E-state index contributed by atoms with van der Waals surface area (Å²) in [6.07, 6.45) is 0.445. The summed E-state index contributed by atoms with van der Waals surface area (Å²) >= 11 is 0. The lowest BCUT2D eigenvalue weighted by Crippen LogP contribution is -2.09. The Kier molecular flexibility index (Phi) is 4.93. The molecule has 0 saturated carbocycles. The largest absolute Gasteiger partial charge is 0.381 e. The first-order valence-corrected chi connectivity index (χ1v) is 6.97. The van der Waals surface area contributed by atoms with Gasteiger partial charge in [-0.3, -0.25) is 4.79 Å². The monoisotopic (exact) mass is 286 g/mol. The van der Waals surface area contributed by atoms with Crippen LogP contribution >= 0.6 is 0 Å². The van der Waals surface area contributed by atoms with Gasteiger partial charge in [0.2, 0.25) is 5.91 Å². The summed E-state index contributed by atoms with van der Waals surface area (Å²) in [5.74, 6) is -0.217. The van der Waals surface area contributed by atoms with E-state index < -0.39 is 0 Å². The van der Waals surface area contributed by atoms with Gasteiger partial charge in [-0.05, 0) is 42.3 Å². The summed E-state index contributed by atoms with van der Waals surface area (Å²) in [7, 11) is 0. The highest BCUT2D eigenvalue weighted by Crippen LogP contribution is 2.17. The Labute approximate surface area is 124 Å². The number of nitrogens with one attached hydrogen (secondary N) is 2. The molecular weight excluding hydrogens is 267 g/mol. The van der Waals surface area contributed by atoms with Gasteiger partial charge < -0.3 is 10.6 Å². The molecule has 0 aromatic heterocycles. The van der Waals surface area contributed by atoms with Gasteiger partial charge in [0.1, 0.15) is 5.82 Å². The Morgan fingerprint density at radius 1 is 1.14 bits per heavy atom. The summed E-state index contributed by atoms with van der Waals surface area (Å²) < 4.78 is 13.5. The van der Waals surface area contributed by atoms with Crippen molar-refractivity contribution in [3.05, 3.63) is 59.4 Å². The Morgan fingerprint density at radius 3 is 2.62 bits per heavy atom. The average molecular weight is 286 g/mol. The lowest BCUT2D eigenvalue weighted by molar-refractivity contribution is -0.115. The van der Waals surface area contributed by atoms with Crippen molar-refractivity contribution >= 4 is 17.3 Å². The molecule has 0 bridgehead atoms. The molecule has 0 aliphatic heterocycles. The molecule has 0 spiro atoms. The van der Waals surface area contributed by atoms with Crippen molar-refractivity contribution in [3.63, 3.8) is 0 Å². The average Bonchev–Trinajstić information content (AvgIpc) is 2.49. The lowest BCUT2D eigenvalue weighted by atomic mass is 10.1. The first-order chi connectivity index (χ1) is 10.1. The summed E-state index contributed by atoms with van der Waals surface area (Å²) in [4.78, 5) is 11.4. The number of amides is 1. The van der Waals surface area contributed by atoms with Crippen LogP contribution in [-0.2, 0) is 11.3 Å². The molecule has 0 fully saturated rings. The highest BCUT2D eigenvalue weighted by Gasteiger charge is 2.02. The van der Waals surface area contributed by atoms with Crippen LogP contribution in [0.5, 0.6) is 0 Å². The number of hydrogen-bond donors (Lipinski definition) is 2. The van der Waals surface area contributed by atoms with Crippen molar-refractivity contribution in [2.24, 2.45) is 0 Å². The maximum Gasteiger partial charge on any atom is 0.224 e. The maximum atomic E-state index is 13.5. The number of rotatable bonds is 5. The van der Waals surface area contributed by atoms with Gasteiger partial charge in [-0.2, -0.15) is 0 Å². The minimum absolute atomic E-state index is 0.0206. The SMILES string of the molecule is CCC(=O)Nc1cccc(NCc2ccc(C)c(F)c2)c1. The third-order valence-corrected chi connectivity index (χ3v) is 3.20. The zero-order valence-corrected chi connectivity index (χ0v) is 12.2. The van der Waals surface area contributed by atoms with E-state index in [0.29, 0.717) is 18.5 Å². The van der Waals surface area contributed by atoms with Crippen LogP contribution in [0.1, 0.15) is 24.5 Å².